The number of fused-ring (bicyclic) bond motifs is 2. The van der Waals surface area contributed by atoms with Gasteiger partial charge in [-0.1, -0.05) is 42.0 Å². The van der Waals surface area contributed by atoms with Crippen molar-refractivity contribution in [2.24, 2.45) is 17.8 Å². The van der Waals surface area contributed by atoms with Crippen molar-refractivity contribution in [3.8, 4) is 0 Å². The molecule has 41 heavy (non-hydrogen) atoms. The summed E-state index contributed by atoms with van der Waals surface area (Å²) in [6, 6.07) is 11.3. The van der Waals surface area contributed by atoms with Crippen molar-refractivity contribution >= 4 is 35.1 Å². The zero-order valence-corrected chi connectivity index (χ0v) is 23.6. The molecule has 11 nitrogen and oxygen atoms in total. The van der Waals surface area contributed by atoms with E-state index >= 15 is 0 Å². The maximum absolute atomic E-state index is 13.4. The van der Waals surface area contributed by atoms with E-state index in [0.29, 0.717) is 18.7 Å². The van der Waals surface area contributed by atoms with Gasteiger partial charge in [0.25, 0.3) is 5.91 Å². The molecule has 1 saturated heterocycles. The predicted molar refractivity (Wildman–Crippen MR) is 155 cm³/mol. The standard InChI is InChI=1S/C29H35ClN8O3/c1-17(34-28(39)24-26(31)36-38-11-5-10-32-27(24)38)20-14-22(30)21-15-33-35-25(21)23(20)19-8-12-37(13-9-19)29(40)41-16-18-6-3-2-4-7-18/h2-8,10-11,17,20-23,25,33,35H,9,12-16H2,1H3,(H2,31,36)(H,34,39). The van der Waals surface area contributed by atoms with Gasteiger partial charge in [0.1, 0.15) is 12.2 Å². The molecule has 2 amide bonds. The first kappa shape index (κ1) is 27.5. The monoisotopic (exact) mass is 578 g/mol. The van der Waals surface area contributed by atoms with E-state index in [1.165, 1.54) is 10.1 Å². The van der Waals surface area contributed by atoms with Crippen molar-refractivity contribution in [3.05, 3.63) is 71.6 Å². The number of hydrogen-bond acceptors (Lipinski definition) is 8. The fraction of sp³-hybridized carbons (Fsp3) is 0.448. The molecule has 0 radical (unpaired) electrons. The first-order chi connectivity index (χ1) is 19.9. The van der Waals surface area contributed by atoms with E-state index in [0.717, 1.165) is 24.9 Å². The Hall–Kier alpha value is -3.67. The zero-order chi connectivity index (χ0) is 28.5. The summed E-state index contributed by atoms with van der Waals surface area (Å²) in [6.07, 6.45) is 6.64. The van der Waals surface area contributed by atoms with Gasteiger partial charge >= 0.3 is 6.09 Å². The largest absolute Gasteiger partial charge is 0.445 e. The maximum Gasteiger partial charge on any atom is 0.410 e. The van der Waals surface area contributed by atoms with Gasteiger partial charge in [0, 0.05) is 61.3 Å². The van der Waals surface area contributed by atoms with Crippen LogP contribution in [0, 0.1) is 17.8 Å². The lowest BCUT2D eigenvalue weighted by Crippen LogP contribution is -2.55. The topological polar surface area (TPSA) is 139 Å². The Morgan fingerprint density at radius 1 is 1.27 bits per heavy atom. The molecule has 4 heterocycles. The molecule has 1 aromatic carbocycles. The van der Waals surface area contributed by atoms with Crippen molar-refractivity contribution in [2.45, 2.75) is 43.8 Å². The van der Waals surface area contributed by atoms with Gasteiger partial charge in [-0.25, -0.2) is 14.3 Å². The second-order valence-electron chi connectivity index (χ2n) is 11.1. The fourth-order valence-electron chi connectivity index (χ4n) is 6.58. The van der Waals surface area contributed by atoms with Crippen LogP contribution in [0.2, 0.25) is 0 Å². The van der Waals surface area contributed by atoms with E-state index in [4.69, 9.17) is 22.1 Å². The van der Waals surface area contributed by atoms with Gasteiger partial charge in [0.15, 0.2) is 11.5 Å². The predicted octanol–water partition coefficient (Wildman–Crippen LogP) is 2.73. The minimum absolute atomic E-state index is 0.0412. The van der Waals surface area contributed by atoms with Crippen molar-refractivity contribution in [3.63, 3.8) is 0 Å². The van der Waals surface area contributed by atoms with E-state index in [9.17, 15) is 9.59 Å². The first-order valence-electron chi connectivity index (χ1n) is 14.1. The molecule has 12 heteroatoms. The molecule has 0 bridgehead atoms. The summed E-state index contributed by atoms with van der Waals surface area (Å²) in [4.78, 5) is 32.3. The third-order valence-corrected chi connectivity index (χ3v) is 9.17. The van der Waals surface area contributed by atoms with Crippen LogP contribution in [-0.4, -0.2) is 68.6 Å². The number of amides is 2. The van der Waals surface area contributed by atoms with E-state index in [1.807, 2.05) is 37.3 Å². The molecule has 0 spiro atoms. The molecule has 3 aliphatic rings. The van der Waals surface area contributed by atoms with Gasteiger partial charge in [0.2, 0.25) is 0 Å². The van der Waals surface area contributed by atoms with Gasteiger partial charge in [-0.15, -0.1) is 16.7 Å². The molecule has 1 aliphatic carbocycles. The molecule has 216 valence electrons. The van der Waals surface area contributed by atoms with E-state index in [1.54, 1.807) is 23.4 Å². The summed E-state index contributed by atoms with van der Waals surface area (Å²) in [5, 5.41) is 7.37. The van der Waals surface area contributed by atoms with Crippen LogP contribution < -0.4 is 21.9 Å². The second-order valence-corrected chi connectivity index (χ2v) is 11.6. The van der Waals surface area contributed by atoms with Crippen molar-refractivity contribution in [1.29, 1.82) is 0 Å². The van der Waals surface area contributed by atoms with Crippen LogP contribution in [0.4, 0.5) is 10.6 Å². The van der Waals surface area contributed by atoms with Gasteiger partial charge in [-0.05, 0) is 37.3 Å². The molecule has 6 rings (SSSR count). The molecule has 6 unspecified atom stereocenters. The number of rotatable bonds is 6. The number of aromatic nitrogens is 3. The quantitative estimate of drug-likeness (QED) is 0.259. The van der Waals surface area contributed by atoms with Crippen LogP contribution in [0.1, 0.15) is 35.7 Å². The summed E-state index contributed by atoms with van der Waals surface area (Å²) in [5.41, 5.74) is 15.8. The minimum atomic E-state index is -0.316. The Morgan fingerprint density at radius 3 is 2.88 bits per heavy atom. The average molecular weight is 579 g/mol. The lowest BCUT2D eigenvalue weighted by Gasteiger charge is -2.46. The summed E-state index contributed by atoms with van der Waals surface area (Å²) >= 11 is 6.93. The number of carbonyl (C=O) groups excluding carboxylic acids is 2. The lowest BCUT2D eigenvalue weighted by atomic mass is 9.65. The van der Waals surface area contributed by atoms with Gasteiger partial charge in [-0.3, -0.25) is 15.6 Å². The number of benzene rings is 1. The molecule has 1 saturated carbocycles. The number of nitrogens with two attached hydrogens (primary N) is 1. The Morgan fingerprint density at radius 2 is 2.10 bits per heavy atom. The Labute approximate surface area is 243 Å². The number of hydrogen-bond donors (Lipinski definition) is 4. The Balaban J connectivity index is 1.18. The second kappa shape index (κ2) is 11.7. The van der Waals surface area contributed by atoms with Crippen molar-refractivity contribution in [1.82, 2.24) is 35.7 Å². The number of halogens is 1. The molecule has 3 aromatic rings. The maximum atomic E-state index is 13.4. The van der Waals surface area contributed by atoms with E-state index in [-0.39, 0.29) is 65.2 Å². The van der Waals surface area contributed by atoms with Crippen LogP contribution in [0.3, 0.4) is 0 Å². The SMILES string of the molecule is CC(NC(=O)c1c(N)nn2cccnc12)C1CC(Cl)C2CNNC2C1C1=CCN(C(=O)OCc2ccccc2)CC1. The van der Waals surface area contributed by atoms with Crippen molar-refractivity contribution < 1.29 is 14.3 Å². The van der Waals surface area contributed by atoms with Gasteiger partial charge in [0.05, 0.1) is 0 Å². The fourth-order valence-corrected chi connectivity index (χ4v) is 7.03. The first-order valence-corrected chi connectivity index (χ1v) is 14.5. The number of hydrazine groups is 1. The molecule has 2 aromatic heterocycles. The molecular formula is C29H35ClN8O3. The Kier molecular flexibility index (Phi) is 7.83. The van der Waals surface area contributed by atoms with E-state index < -0.39 is 0 Å². The van der Waals surface area contributed by atoms with Crippen LogP contribution in [0.25, 0.3) is 5.65 Å². The number of ether oxygens (including phenoxy) is 1. The highest BCUT2D eigenvalue weighted by Crippen LogP contribution is 2.45. The van der Waals surface area contributed by atoms with Crippen LogP contribution >= 0.6 is 11.6 Å². The summed E-state index contributed by atoms with van der Waals surface area (Å²) in [7, 11) is 0. The third-order valence-electron chi connectivity index (χ3n) is 8.66. The third kappa shape index (κ3) is 5.49. The number of nitrogens with zero attached hydrogens (tertiary/aromatic N) is 4. The van der Waals surface area contributed by atoms with Gasteiger partial charge < -0.3 is 20.7 Å². The number of carbonyl (C=O) groups is 2. The van der Waals surface area contributed by atoms with Crippen molar-refractivity contribution in [2.75, 3.05) is 25.4 Å². The highest BCUT2D eigenvalue weighted by Gasteiger charge is 2.49. The molecule has 2 aliphatic heterocycles. The number of anilines is 1. The number of nitrogen functional groups attached to an aromatic ring is 1. The molecule has 6 atom stereocenters. The highest BCUT2D eigenvalue weighted by atomic mass is 35.5. The van der Waals surface area contributed by atoms with Crippen LogP contribution in [0.5, 0.6) is 0 Å². The summed E-state index contributed by atoms with van der Waals surface area (Å²) in [6.45, 7) is 4.11. The molecule has 5 N–H and O–H groups in total. The Bertz CT molecular complexity index is 1450. The van der Waals surface area contributed by atoms with Crippen LogP contribution in [0.15, 0.2) is 60.4 Å². The molecule has 2 fully saturated rings. The number of nitrogens with one attached hydrogen (secondary N) is 3. The average Bonchev–Trinajstić information content (AvgIpc) is 3.61. The number of alkyl halides is 1. The zero-order valence-electron chi connectivity index (χ0n) is 22.9. The normalized spacial score (nSPS) is 26.7. The highest BCUT2D eigenvalue weighted by molar-refractivity contribution is 6.21. The summed E-state index contributed by atoms with van der Waals surface area (Å²) in [5.74, 6) is 0.282. The lowest BCUT2D eigenvalue weighted by molar-refractivity contribution is 0.0863. The summed E-state index contributed by atoms with van der Waals surface area (Å²) < 4.78 is 7.07. The van der Waals surface area contributed by atoms with Gasteiger partial charge in [-0.2, -0.15) is 0 Å². The van der Waals surface area contributed by atoms with Crippen LogP contribution in [-0.2, 0) is 11.3 Å². The minimum Gasteiger partial charge on any atom is -0.445 e. The smallest absolute Gasteiger partial charge is 0.410 e. The van der Waals surface area contributed by atoms with E-state index in [2.05, 4.69) is 32.3 Å². The molecular weight excluding hydrogens is 544 g/mol.